The number of carbonyl (C=O) groups excluding carboxylic acids is 2. The van der Waals surface area contributed by atoms with Crippen LogP contribution in [0.2, 0.25) is 0 Å². The SMILES string of the molecule is CCOC(=O)[C@@]1(CC)O[C@@]2(OC)O[C@@H]1C(=O)c1ccccc12. The van der Waals surface area contributed by atoms with Crippen molar-refractivity contribution in [2.24, 2.45) is 0 Å². The lowest BCUT2D eigenvalue weighted by atomic mass is 9.87. The van der Waals surface area contributed by atoms with Crippen LogP contribution in [0, 0.1) is 0 Å². The lowest BCUT2D eigenvalue weighted by molar-refractivity contribution is -0.350. The molecule has 22 heavy (non-hydrogen) atoms. The maximum atomic E-state index is 12.7. The molecular weight excluding hydrogens is 288 g/mol. The van der Waals surface area contributed by atoms with Gasteiger partial charge in [0.15, 0.2) is 11.9 Å². The van der Waals surface area contributed by atoms with Crippen LogP contribution in [0.25, 0.3) is 0 Å². The Labute approximate surface area is 128 Å². The van der Waals surface area contributed by atoms with Gasteiger partial charge in [0.2, 0.25) is 5.60 Å². The molecule has 2 aliphatic heterocycles. The zero-order chi connectivity index (χ0) is 16.0. The first-order valence-electron chi connectivity index (χ1n) is 7.28. The van der Waals surface area contributed by atoms with Crippen molar-refractivity contribution in [2.45, 2.75) is 37.9 Å². The van der Waals surface area contributed by atoms with E-state index in [-0.39, 0.29) is 18.8 Å². The Morgan fingerprint density at radius 3 is 2.68 bits per heavy atom. The fourth-order valence-corrected chi connectivity index (χ4v) is 3.06. The highest BCUT2D eigenvalue weighted by Gasteiger charge is 2.68. The van der Waals surface area contributed by atoms with Crippen LogP contribution in [-0.4, -0.2) is 37.2 Å². The zero-order valence-corrected chi connectivity index (χ0v) is 12.8. The summed E-state index contributed by atoms with van der Waals surface area (Å²) >= 11 is 0. The van der Waals surface area contributed by atoms with Gasteiger partial charge >= 0.3 is 11.9 Å². The van der Waals surface area contributed by atoms with Crippen LogP contribution >= 0.6 is 0 Å². The van der Waals surface area contributed by atoms with Crippen molar-refractivity contribution >= 4 is 11.8 Å². The van der Waals surface area contributed by atoms with Gasteiger partial charge in [-0.3, -0.25) is 4.79 Å². The van der Waals surface area contributed by atoms with Crippen molar-refractivity contribution < 1.29 is 28.5 Å². The van der Waals surface area contributed by atoms with E-state index < -0.39 is 23.6 Å². The predicted molar refractivity (Wildman–Crippen MR) is 75.1 cm³/mol. The number of benzene rings is 1. The quantitative estimate of drug-likeness (QED) is 0.790. The van der Waals surface area contributed by atoms with E-state index in [1.165, 1.54) is 7.11 Å². The minimum atomic E-state index is -1.56. The van der Waals surface area contributed by atoms with E-state index in [2.05, 4.69) is 0 Å². The molecular formula is C16H18O6. The van der Waals surface area contributed by atoms with Crippen molar-refractivity contribution in [1.82, 2.24) is 0 Å². The zero-order valence-electron chi connectivity index (χ0n) is 12.8. The summed E-state index contributed by atoms with van der Waals surface area (Å²) in [7, 11) is 1.42. The molecule has 6 heteroatoms. The lowest BCUT2D eigenvalue weighted by Gasteiger charge is -2.30. The highest BCUT2D eigenvalue weighted by Crippen LogP contribution is 2.51. The van der Waals surface area contributed by atoms with E-state index in [0.29, 0.717) is 11.1 Å². The van der Waals surface area contributed by atoms with Crippen LogP contribution in [0.4, 0.5) is 0 Å². The van der Waals surface area contributed by atoms with Crippen LogP contribution in [0.15, 0.2) is 24.3 Å². The van der Waals surface area contributed by atoms with Crippen LogP contribution < -0.4 is 0 Å². The summed E-state index contributed by atoms with van der Waals surface area (Å²) in [5.74, 6) is -2.46. The van der Waals surface area contributed by atoms with Crippen LogP contribution in [0.5, 0.6) is 0 Å². The van der Waals surface area contributed by atoms with Gasteiger partial charge in [-0.25, -0.2) is 4.79 Å². The van der Waals surface area contributed by atoms with Gasteiger partial charge in [-0.05, 0) is 13.3 Å². The molecule has 1 aromatic rings. The Morgan fingerprint density at radius 1 is 1.32 bits per heavy atom. The molecule has 0 aromatic heterocycles. The van der Waals surface area contributed by atoms with Gasteiger partial charge < -0.3 is 18.9 Å². The van der Waals surface area contributed by atoms with Gasteiger partial charge in [-0.2, -0.15) is 0 Å². The van der Waals surface area contributed by atoms with Gasteiger partial charge in [0.1, 0.15) is 0 Å². The third kappa shape index (κ3) is 1.78. The van der Waals surface area contributed by atoms with E-state index in [1.807, 2.05) is 0 Å². The third-order valence-corrected chi connectivity index (χ3v) is 4.19. The van der Waals surface area contributed by atoms with Gasteiger partial charge in [0.25, 0.3) is 0 Å². The molecule has 0 radical (unpaired) electrons. The van der Waals surface area contributed by atoms with E-state index in [1.54, 1.807) is 38.1 Å². The van der Waals surface area contributed by atoms with E-state index >= 15 is 0 Å². The van der Waals surface area contributed by atoms with Crippen molar-refractivity contribution in [1.29, 1.82) is 0 Å². The molecule has 6 nitrogen and oxygen atoms in total. The number of methoxy groups -OCH3 is 1. The van der Waals surface area contributed by atoms with Crippen molar-refractivity contribution in [3.05, 3.63) is 35.4 Å². The Bertz CT molecular complexity index is 627. The molecule has 3 rings (SSSR count). The first-order chi connectivity index (χ1) is 10.5. The second-order valence-electron chi connectivity index (χ2n) is 5.23. The standard InChI is InChI=1S/C16H18O6/c1-4-15(14(18)20-5-2)13-12(17)10-8-6-7-9-11(10)16(19-3,21-13)22-15/h6-9,13H,4-5H2,1-3H3/t13-,15+,16+/m1/s1. The highest BCUT2D eigenvalue weighted by atomic mass is 16.9. The summed E-state index contributed by atoms with van der Waals surface area (Å²) in [6, 6.07) is 6.89. The summed E-state index contributed by atoms with van der Waals surface area (Å²) in [6.45, 7) is 3.64. The monoisotopic (exact) mass is 306 g/mol. The molecule has 0 saturated carbocycles. The Hall–Kier alpha value is -1.76. The fourth-order valence-electron chi connectivity index (χ4n) is 3.06. The number of Topliss-reactive ketones (excluding diaryl/α,β-unsaturated/α-hetero) is 1. The Balaban J connectivity index is 2.16. The first-order valence-corrected chi connectivity index (χ1v) is 7.28. The number of carbonyl (C=O) groups is 2. The van der Waals surface area contributed by atoms with Crippen LogP contribution in [0.1, 0.15) is 36.2 Å². The van der Waals surface area contributed by atoms with Crippen LogP contribution in [0.3, 0.4) is 0 Å². The summed E-state index contributed by atoms with van der Waals surface area (Å²) in [4.78, 5) is 25.2. The minimum Gasteiger partial charge on any atom is -0.464 e. The van der Waals surface area contributed by atoms with Gasteiger partial charge in [0, 0.05) is 12.7 Å². The normalized spacial score (nSPS) is 32.7. The molecule has 1 aromatic carbocycles. The van der Waals surface area contributed by atoms with Gasteiger partial charge in [-0.1, -0.05) is 31.2 Å². The van der Waals surface area contributed by atoms with Crippen molar-refractivity contribution in [3.8, 4) is 0 Å². The summed E-state index contributed by atoms with van der Waals surface area (Å²) in [5, 5.41) is 0. The van der Waals surface area contributed by atoms with E-state index in [4.69, 9.17) is 18.9 Å². The molecule has 2 aliphatic rings. The first kappa shape index (κ1) is 15.1. The molecule has 0 unspecified atom stereocenters. The number of hydrogen-bond donors (Lipinski definition) is 0. The summed E-state index contributed by atoms with van der Waals surface area (Å²) in [6.07, 6.45) is -0.840. The lowest BCUT2D eigenvalue weighted by Crippen LogP contribution is -2.51. The maximum absolute atomic E-state index is 12.7. The largest absolute Gasteiger partial charge is 0.464 e. The van der Waals surface area contributed by atoms with E-state index in [9.17, 15) is 9.59 Å². The number of rotatable bonds is 4. The molecule has 0 N–H and O–H groups in total. The Kier molecular flexibility index (Phi) is 3.55. The molecule has 0 amide bonds. The third-order valence-electron chi connectivity index (χ3n) is 4.19. The average Bonchev–Trinajstić information content (AvgIpc) is 2.88. The maximum Gasteiger partial charge on any atom is 0.341 e. The minimum absolute atomic E-state index is 0.192. The molecule has 118 valence electrons. The number of ketones is 1. The number of esters is 1. The number of fused-ring (bicyclic) bond motifs is 4. The van der Waals surface area contributed by atoms with Crippen LogP contribution in [-0.2, 0) is 29.7 Å². The van der Waals surface area contributed by atoms with E-state index in [0.717, 1.165) is 0 Å². The molecule has 2 bridgehead atoms. The summed E-state index contributed by atoms with van der Waals surface area (Å²) in [5.41, 5.74) is -0.583. The smallest absolute Gasteiger partial charge is 0.341 e. The highest BCUT2D eigenvalue weighted by molar-refractivity contribution is 6.06. The topological polar surface area (TPSA) is 71.1 Å². The summed E-state index contributed by atoms with van der Waals surface area (Å²) < 4.78 is 22.2. The molecule has 1 fully saturated rings. The molecule has 2 heterocycles. The second-order valence-corrected chi connectivity index (χ2v) is 5.23. The average molecular weight is 306 g/mol. The molecule has 3 atom stereocenters. The molecule has 1 saturated heterocycles. The van der Waals surface area contributed by atoms with Crippen molar-refractivity contribution in [3.63, 3.8) is 0 Å². The van der Waals surface area contributed by atoms with Gasteiger partial charge in [-0.15, -0.1) is 0 Å². The second kappa shape index (κ2) is 5.15. The Morgan fingerprint density at radius 2 is 2.05 bits per heavy atom. The molecule has 0 aliphatic carbocycles. The van der Waals surface area contributed by atoms with Crippen molar-refractivity contribution in [2.75, 3.05) is 13.7 Å². The fraction of sp³-hybridized carbons (Fsp3) is 0.500. The molecule has 0 spiro atoms. The predicted octanol–water partition coefficient (Wildman–Crippen LogP) is 1.77. The number of hydrogen-bond acceptors (Lipinski definition) is 6. The number of ether oxygens (including phenoxy) is 4. The van der Waals surface area contributed by atoms with Gasteiger partial charge in [0.05, 0.1) is 12.2 Å².